The Morgan fingerprint density at radius 2 is 0.694 bits per heavy atom. The second kappa shape index (κ2) is 39.7. The van der Waals surface area contributed by atoms with Gasteiger partial charge in [-0.25, -0.2) is 0 Å². The predicted molar refractivity (Wildman–Crippen MR) is 212 cm³/mol. The van der Waals surface area contributed by atoms with Gasteiger partial charge in [-0.1, -0.05) is 163 Å². The highest BCUT2D eigenvalue weighted by Gasteiger charge is 2.15. The minimum Gasteiger partial charge on any atom is -0.462 e. The van der Waals surface area contributed by atoms with Crippen molar-refractivity contribution in [1.29, 1.82) is 0 Å². The first-order valence-electron chi connectivity index (χ1n) is 22.2. The zero-order valence-electron chi connectivity index (χ0n) is 33.7. The summed E-state index contributed by atoms with van der Waals surface area (Å²) in [7, 11) is 0. The third-order valence-electron chi connectivity index (χ3n) is 10.2. The van der Waals surface area contributed by atoms with Gasteiger partial charge in [-0.15, -0.1) is 0 Å². The molecule has 0 saturated carbocycles. The fraction of sp³-hybridized carbons (Fsp3) is 0.955. The van der Waals surface area contributed by atoms with Crippen LogP contribution >= 0.6 is 0 Å². The normalized spacial score (nSPS) is 12.1. The average Bonchev–Trinajstić information content (AvgIpc) is 3.10. The summed E-state index contributed by atoms with van der Waals surface area (Å²) >= 11 is 0. The molecular formula is C44H87NO4. The molecule has 5 nitrogen and oxygen atoms in total. The van der Waals surface area contributed by atoms with Crippen LogP contribution in [0.5, 0.6) is 0 Å². The van der Waals surface area contributed by atoms with Crippen LogP contribution < -0.4 is 5.32 Å². The van der Waals surface area contributed by atoms with Crippen molar-refractivity contribution < 1.29 is 19.1 Å². The maximum atomic E-state index is 12.6. The number of hydrogen-bond acceptors (Lipinski definition) is 5. The minimum atomic E-state index is -0.00575. The average molecular weight is 694 g/mol. The Hall–Kier alpha value is -1.10. The third-order valence-corrected chi connectivity index (χ3v) is 10.2. The summed E-state index contributed by atoms with van der Waals surface area (Å²) in [5.41, 5.74) is 0. The molecule has 0 aromatic carbocycles. The Morgan fingerprint density at radius 3 is 1.10 bits per heavy atom. The summed E-state index contributed by atoms with van der Waals surface area (Å²) < 4.78 is 11.8. The molecule has 0 fully saturated rings. The minimum absolute atomic E-state index is 0.00575. The Morgan fingerprint density at radius 1 is 0.388 bits per heavy atom. The Balaban J connectivity index is 3.78. The van der Waals surface area contributed by atoms with E-state index in [2.05, 4.69) is 33.0 Å². The smallest absolute Gasteiger partial charge is 0.306 e. The van der Waals surface area contributed by atoms with Crippen molar-refractivity contribution in [2.75, 3.05) is 13.1 Å². The van der Waals surface area contributed by atoms with Crippen LogP contribution in [0.4, 0.5) is 0 Å². The van der Waals surface area contributed by atoms with Gasteiger partial charge in [0.05, 0.1) is 0 Å². The fourth-order valence-corrected chi connectivity index (χ4v) is 6.78. The van der Waals surface area contributed by atoms with Gasteiger partial charge in [0.15, 0.2) is 0 Å². The molecule has 1 N–H and O–H groups in total. The molecule has 0 aliphatic rings. The van der Waals surface area contributed by atoms with E-state index in [1.165, 1.54) is 148 Å². The first-order chi connectivity index (χ1) is 24.1. The fourth-order valence-electron chi connectivity index (χ4n) is 6.78. The molecule has 0 aromatic heterocycles. The summed E-state index contributed by atoms with van der Waals surface area (Å²) in [6.07, 6.45) is 40.2. The molecule has 0 amide bonds. The van der Waals surface area contributed by atoms with Crippen LogP contribution in [-0.4, -0.2) is 37.2 Å². The molecule has 0 heterocycles. The van der Waals surface area contributed by atoms with Gasteiger partial charge in [0.2, 0.25) is 0 Å². The molecule has 0 saturated heterocycles. The molecule has 292 valence electrons. The van der Waals surface area contributed by atoms with Gasteiger partial charge in [-0.05, 0) is 83.7 Å². The standard InChI is InChI=1S/C44H87NO4/c1-5-9-12-15-18-19-23-27-34-41(8-4)48-43(46)38-31-26-33-40-45-39-32-25-20-24-30-37-44(47)49-42(35-28-21-16-13-10-6-2)36-29-22-17-14-11-7-3/h41-42,45H,5-40H2,1-4H3. The number of carbonyl (C=O) groups is 2. The van der Waals surface area contributed by atoms with Crippen LogP contribution in [0.3, 0.4) is 0 Å². The van der Waals surface area contributed by atoms with Gasteiger partial charge < -0.3 is 14.8 Å². The van der Waals surface area contributed by atoms with Gasteiger partial charge >= 0.3 is 11.9 Å². The first-order valence-corrected chi connectivity index (χ1v) is 22.2. The summed E-state index contributed by atoms with van der Waals surface area (Å²) in [6, 6.07) is 0. The highest BCUT2D eigenvalue weighted by molar-refractivity contribution is 5.69. The van der Waals surface area contributed by atoms with Crippen molar-refractivity contribution in [3.05, 3.63) is 0 Å². The number of ether oxygens (including phenoxy) is 2. The molecule has 0 aliphatic heterocycles. The number of hydrogen-bond donors (Lipinski definition) is 1. The summed E-state index contributed by atoms with van der Waals surface area (Å²) in [4.78, 5) is 24.9. The van der Waals surface area contributed by atoms with Crippen LogP contribution in [0.25, 0.3) is 0 Å². The van der Waals surface area contributed by atoms with Crippen LogP contribution in [0.15, 0.2) is 0 Å². The molecule has 0 spiro atoms. The van der Waals surface area contributed by atoms with E-state index in [-0.39, 0.29) is 24.1 Å². The topological polar surface area (TPSA) is 64.6 Å². The molecule has 1 atom stereocenters. The lowest BCUT2D eigenvalue weighted by molar-refractivity contribution is -0.150. The van der Waals surface area contributed by atoms with Gasteiger partial charge in [0, 0.05) is 12.8 Å². The summed E-state index contributed by atoms with van der Waals surface area (Å²) in [6.45, 7) is 11.0. The zero-order chi connectivity index (χ0) is 35.9. The highest BCUT2D eigenvalue weighted by Crippen LogP contribution is 2.19. The summed E-state index contributed by atoms with van der Waals surface area (Å²) in [5.74, 6) is 0.0228. The largest absolute Gasteiger partial charge is 0.462 e. The monoisotopic (exact) mass is 694 g/mol. The molecule has 0 rings (SSSR count). The molecule has 0 aliphatic carbocycles. The van der Waals surface area contributed by atoms with E-state index < -0.39 is 0 Å². The number of carbonyl (C=O) groups excluding carboxylic acids is 2. The number of nitrogens with one attached hydrogen (secondary N) is 1. The van der Waals surface area contributed by atoms with Crippen molar-refractivity contribution in [2.45, 2.75) is 258 Å². The second-order valence-electron chi connectivity index (χ2n) is 15.1. The number of esters is 2. The molecule has 0 aromatic rings. The van der Waals surface area contributed by atoms with Crippen molar-refractivity contribution in [2.24, 2.45) is 0 Å². The summed E-state index contributed by atoms with van der Waals surface area (Å²) in [5, 5.41) is 3.56. The van der Waals surface area contributed by atoms with Gasteiger partial charge in [-0.3, -0.25) is 9.59 Å². The third kappa shape index (κ3) is 36.5. The molecule has 0 bridgehead atoms. The maximum Gasteiger partial charge on any atom is 0.306 e. The van der Waals surface area contributed by atoms with E-state index in [0.29, 0.717) is 12.8 Å². The van der Waals surface area contributed by atoms with Crippen molar-refractivity contribution in [3.63, 3.8) is 0 Å². The van der Waals surface area contributed by atoms with Gasteiger partial charge in [0.25, 0.3) is 0 Å². The number of unbranched alkanes of at least 4 members (excludes halogenated alkanes) is 23. The van der Waals surface area contributed by atoms with Crippen molar-refractivity contribution in [1.82, 2.24) is 5.32 Å². The van der Waals surface area contributed by atoms with Crippen LogP contribution in [-0.2, 0) is 19.1 Å². The molecule has 0 radical (unpaired) electrons. The van der Waals surface area contributed by atoms with Gasteiger partial charge in [-0.2, -0.15) is 0 Å². The molecule has 1 unspecified atom stereocenters. The second-order valence-corrected chi connectivity index (χ2v) is 15.1. The molecular weight excluding hydrogens is 606 g/mol. The molecule has 49 heavy (non-hydrogen) atoms. The lowest BCUT2D eigenvalue weighted by Gasteiger charge is -2.18. The van der Waals surface area contributed by atoms with Crippen LogP contribution in [0.1, 0.15) is 246 Å². The lowest BCUT2D eigenvalue weighted by Crippen LogP contribution is -2.18. The highest BCUT2D eigenvalue weighted by atomic mass is 16.5. The van der Waals surface area contributed by atoms with Crippen LogP contribution in [0.2, 0.25) is 0 Å². The Bertz CT molecular complexity index is 668. The van der Waals surface area contributed by atoms with E-state index in [1.807, 2.05) is 0 Å². The lowest BCUT2D eigenvalue weighted by atomic mass is 10.0. The first kappa shape index (κ1) is 47.9. The SMILES string of the molecule is CCCCCCCCCCC(CC)OC(=O)CCCCCNCCCCCCCC(=O)OC(CCCCCCCC)CCCCCCCC. The van der Waals surface area contributed by atoms with Crippen LogP contribution in [0, 0.1) is 0 Å². The van der Waals surface area contributed by atoms with E-state index >= 15 is 0 Å². The maximum absolute atomic E-state index is 12.6. The van der Waals surface area contributed by atoms with Crippen molar-refractivity contribution >= 4 is 11.9 Å². The van der Waals surface area contributed by atoms with E-state index in [0.717, 1.165) is 70.9 Å². The van der Waals surface area contributed by atoms with E-state index in [1.54, 1.807) is 0 Å². The quantitative estimate of drug-likeness (QED) is 0.0511. The number of rotatable bonds is 40. The Labute approximate surface area is 307 Å². The van der Waals surface area contributed by atoms with Crippen molar-refractivity contribution in [3.8, 4) is 0 Å². The van der Waals surface area contributed by atoms with E-state index in [9.17, 15) is 9.59 Å². The Kier molecular flexibility index (Phi) is 38.8. The van der Waals surface area contributed by atoms with E-state index in [4.69, 9.17) is 9.47 Å². The molecule has 5 heteroatoms. The predicted octanol–water partition coefficient (Wildman–Crippen LogP) is 13.7. The zero-order valence-corrected chi connectivity index (χ0v) is 33.7. The van der Waals surface area contributed by atoms with Gasteiger partial charge in [0.1, 0.15) is 12.2 Å².